The lowest BCUT2D eigenvalue weighted by molar-refractivity contribution is -0.382. The van der Waals surface area contributed by atoms with Crippen molar-refractivity contribution in [1.82, 2.24) is 4.98 Å². The first kappa shape index (κ1) is 17.2. The summed E-state index contributed by atoms with van der Waals surface area (Å²) in [5.41, 5.74) is 2.27. The second kappa shape index (κ2) is 7.19. The number of nitro groups is 1. The number of nitrogens with one attached hydrogen (secondary N) is 1. The highest BCUT2D eigenvalue weighted by molar-refractivity contribution is 5.94. The fraction of sp³-hybridized carbons (Fsp3) is 0.250. The van der Waals surface area contributed by atoms with Crippen molar-refractivity contribution in [3.05, 3.63) is 70.7 Å². The van der Waals surface area contributed by atoms with E-state index in [2.05, 4.69) is 15.2 Å². The van der Waals surface area contributed by atoms with Crippen molar-refractivity contribution in [1.29, 1.82) is 0 Å². The van der Waals surface area contributed by atoms with Crippen LogP contribution in [0.3, 0.4) is 0 Å². The Kier molecular flexibility index (Phi) is 4.58. The summed E-state index contributed by atoms with van der Waals surface area (Å²) in [7, 11) is 0. The summed E-state index contributed by atoms with van der Waals surface area (Å²) in [5.74, 6) is -0.256. The van der Waals surface area contributed by atoms with E-state index in [9.17, 15) is 14.5 Å². The van der Waals surface area contributed by atoms with Gasteiger partial charge in [-0.2, -0.15) is 0 Å². The molecule has 0 spiro atoms. The molecule has 1 aliphatic heterocycles. The number of benzene rings is 2. The third kappa shape index (κ3) is 3.53. The molecule has 0 atom stereocenters. The summed E-state index contributed by atoms with van der Waals surface area (Å²) in [6.45, 7) is 1.43. The molecule has 1 aliphatic rings. The molecule has 27 heavy (non-hydrogen) atoms. The molecule has 1 N–H and O–H groups in total. The topological polar surface area (TPSA) is 71.3 Å². The van der Waals surface area contributed by atoms with E-state index in [1.165, 1.54) is 12.1 Å². The van der Waals surface area contributed by atoms with Gasteiger partial charge in [-0.3, -0.25) is 15.1 Å². The minimum atomic E-state index is -0.317. The zero-order valence-electron chi connectivity index (χ0n) is 14.6. The lowest BCUT2D eigenvalue weighted by atomic mass is 10.0. The fourth-order valence-electron chi connectivity index (χ4n) is 3.62. The van der Waals surface area contributed by atoms with E-state index in [1.54, 1.807) is 36.5 Å². The molecule has 0 unspecified atom stereocenters. The Hall–Kier alpha value is -3.22. The van der Waals surface area contributed by atoms with Crippen LogP contribution in [0.2, 0.25) is 0 Å². The summed E-state index contributed by atoms with van der Waals surface area (Å²) >= 11 is 0. The molecule has 0 radical (unpaired) electrons. The summed E-state index contributed by atoms with van der Waals surface area (Å²) in [6.07, 6.45) is 3.33. The number of piperidine rings is 1. The largest absolute Gasteiger partial charge is 0.382 e. The van der Waals surface area contributed by atoms with Gasteiger partial charge in [-0.05, 0) is 61.4 Å². The second-order valence-electron chi connectivity index (χ2n) is 6.67. The average Bonchev–Trinajstić information content (AvgIpc) is 2.69. The molecule has 1 fully saturated rings. The molecule has 0 aliphatic carbocycles. The van der Waals surface area contributed by atoms with Gasteiger partial charge >= 0.3 is 5.69 Å². The first-order valence-corrected chi connectivity index (χ1v) is 8.91. The standard InChI is InChI=1S/C20H19FN4O2/c21-14-3-5-15(6-4-14)23-16-9-12-24(13-10-16)19-8-7-18-17(2-1-11-22-18)20(19)25(26)27/h1-8,11,16,23H,9-10,12-13H2. The predicted octanol–water partition coefficient (Wildman–Crippen LogP) is 4.36. The quantitative estimate of drug-likeness (QED) is 0.549. The van der Waals surface area contributed by atoms with Crippen LogP contribution in [0.15, 0.2) is 54.7 Å². The molecule has 2 aromatic carbocycles. The molecule has 138 valence electrons. The monoisotopic (exact) mass is 366 g/mol. The van der Waals surface area contributed by atoms with Gasteiger partial charge in [0.1, 0.15) is 11.5 Å². The third-order valence-corrected chi connectivity index (χ3v) is 4.97. The van der Waals surface area contributed by atoms with Crippen LogP contribution < -0.4 is 10.2 Å². The van der Waals surface area contributed by atoms with Gasteiger partial charge < -0.3 is 10.2 Å². The maximum absolute atomic E-state index is 13.0. The maximum atomic E-state index is 13.0. The molecule has 7 heteroatoms. The van der Waals surface area contributed by atoms with Gasteiger partial charge in [-0.25, -0.2) is 4.39 Å². The number of nitrogens with zero attached hydrogens (tertiary/aromatic N) is 3. The number of hydrogen-bond acceptors (Lipinski definition) is 5. The van der Waals surface area contributed by atoms with E-state index in [4.69, 9.17) is 0 Å². The fourth-order valence-corrected chi connectivity index (χ4v) is 3.62. The third-order valence-electron chi connectivity index (χ3n) is 4.97. The molecule has 2 heterocycles. The Balaban J connectivity index is 1.52. The van der Waals surface area contributed by atoms with Crippen LogP contribution in [0.25, 0.3) is 10.9 Å². The van der Waals surface area contributed by atoms with Crippen LogP contribution >= 0.6 is 0 Å². The Morgan fingerprint density at radius 1 is 1.11 bits per heavy atom. The van der Waals surface area contributed by atoms with Crippen LogP contribution in [0.1, 0.15) is 12.8 Å². The Labute approximate surface area is 155 Å². The summed E-state index contributed by atoms with van der Waals surface area (Å²) in [5, 5.41) is 15.7. The molecule has 0 amide bonds. The van der Waals surface area contributed by atoms with E-state index in [1.807, 2.05) is 6.07 Å². The van der Waals surface area contributed by atoms with E-state index in [0.717, 1.165) is 18.5 Å². The van der Waals surface area contributed by atoms with E-state index >= 15 is 0 Å². The molecule has 0 bridgehead atoms. The van der Waals surface area contributed by atoms with Gasteiger partial charge in [0.05, 0.1) is 15.8 Å². The summed E-state index contributed by atoms with van der Waals surface area (Å²) in [6, 6.07) is 13.7. The van der Waals surface area contributed by atoms with Gasteiger partial charge in [0.15, 0.2) is 0 Å². The lowest BCUT2D eigenvalue weighted by Gasteiger charge is -2.34. The molecular formula is C20H19FN4O2. The minimum Gasteiger partial charge on any atom is -0.382 e. The molecule has 1 aromatic heterocycles. The normalized spacial score (nSPS) is 15.1. The molecule has 3 aromatic rings. The zero-order chi connectivity index (χ0) is 18.8. The number of anilines is 2. The van der Waals surface area contributed by atoms with Crippen molar-refractivity contribution < 1.29 is 9.31 Å². The number of rotatable bonds is 4. The van der Waals surface area contributed by atoms with E-state index in [-0.39, 0.29) is 22.5 Å². The number of hydrogen-bond donors (Lipinski definition) is 1. The summed E-state index contributed by atoms with van der Waals surface area (Å²) < 4.78 is 13.0. The Morgan fingerprint density at radius 3 is 2.56 bits per heavy atom. The second-order valence-corrected chi connectivity index (χ2v) is 6.67. The van der Waals surface area contributed by atoms with Gasteiger partial charge in [0.25, 0.3) is 0 Å². The van der Waals surface area contributed by atoms with Gasteiger partial charge in [0.2, 0.25) is 0 Å². The number of pyridine rings is 1. The first-order valence-electron chi connectivity index (χ1n) is 8.91. The first-order chi connectivity index (χ1) is 13.1. The summed E-state index contributed by atoms with van der Waals surface area (Å²) in [4.78, 5) is 17.7. The number of nitro benzene ring substituents is 1. The van der Waals surface area contributed by atoms with Gasteiger partial charge in [-0.1, -0.05) is 0 Å². The number of halogens is 1. The molecular weight excluding hydrogens is 347 g/mol. The van der Waals surface area contributed by atoms with E-state index < -0.39 is 0 Å². The van der Waals surface area contributed by atoms with Crippen molar-refractivity contribution in [3.8, 4) is 0 Å². The molecule has 0 saturated carbocycles. The number of aromatic nitrogens is 1. The average molecular weight is 366 g/mol. The van der Waals surface area contributed by atoms with Crippen LogP contribution in [-0.4, -0.2) is 29.0 Å². The smallest absolute Gasteiger partial charge is 0.301 e. The van der Waals surface area contributed by atoms with Crippen LogP contribution in [0.4, 0.5) is 21.5 Å². The molecule has 6 nitrogen and oxygen atoms in total. The van der Waals surface area contributed by atoms with Crippen molar-refractivity contribution in [2.45, 2.75) is 18.9 Å². The van der Waals surface area contributed by atoms with Crippen molar-refractivity contribution in [3.63, 3.8) is 0 Å². The van der Waals surface area contributed by atoms with Crippen LogP contribution in [-0.2, 0) is 0 Å². The Bertz CT molecular complexity index is 969. The van der Waals surface area contributed by atoms with Crippen LogP contribution in [0, 0.1) is 15.9 Å². The van der Waals surface area contributed by atoms with Crippen molar-refractivity contribution >= 4 is 28.0 Å². The SMILES string of the molecule is O=[N+]([O-])c1c(N2CCC(Nc3ccc(F)cc3)CC2)ccc2ncccc12. The van der Waals surface area contributed by atoms with Crippen molar-refractivity contribution in [2.75, 3.05) is 23.3 Å². The zero-order valence-corrected chi connectivity index (χ0v) is 14.6. The number of fused-ring (bicyclic) bond motifs is 1. The highest BCUT2D eigenvalue weighted by atomic mass is 19.1. The highest BCUT2D eigenvalue weighted by Gasteiger charge is 2.26. The van der Waals surface area contributed by atoms with Crippen LogP contribution in [0.5, 0.6) is 0 Å². The van der Waals surface area contributed by atoms with Gasteiger partial charge in [0, 0.05) is 31.0 Å². The molecule has 4 rings (SSSR count). The maximum Gasteiger partial charge on any atom is 0.301 e. The van der Waals surface area contributed by atoms with E-state index in [0.29, 0.717) is 29.7 Å². The lowest BCUT2D eigenvalue weighted by Crippen LogP contribution is -2.39. The predicted molar refractivity (Wildman–Crippen MR) is 104 cm³/mol. The highest BCUT2D eigenvalue weighted by Crippen LogP contribution is 2.36. The van der Waals surface area contributed by atoms with Gasteiger partial charge in [-0.15, -0.1) is 0 Å². The Morgan fingerprint density at radius 2 is 1.85 bits per heavy atom. The van der Waals surface area contributed by atoms with Crippen molar-refractivity contribution in [2.24, 2.45) is 0 Å². The minimum absolute atomic E-state index is 0.116. The molecule has 1 saturated heterocycles.